The first-order valence-electron chi connectivity index (χ1n) is 4.82. The molecule has 17 heavy (non-hydrogen) atoms. The summed E-state index contributed by atoms with van der Waals surface area (Å²) in [6, 6.07) is 7.35. The van der Waals surface area contributed by atoms with Crippen LogP contribution in [-0.2, 0) is 0 Å². The van der Waals surface area contributed by atoms with Crippen LogP contribution in [0.4, 0.5) is 0 Å². The minimum absolute atomic E-state index is 0.401. The largest absolute Gasteiger partial charge is 0.334 e. The Labute approximate surface area is 106 Å². The van der Waals surface area contributed by atoms with Gasteiger partial charge in [-0.1, -0.05) is 22.8 Å². The Morgan fingerprint density at radius 2 is 2.24 bits per heavy atom. The van der Waals surface area contributed by atoms with Gasteiger partial charge in [0.15, 0.2) is 0 Å². The van der Waals surface area contributed by atoms with Gasteiger partial charge in [0.2, 0.25) is 5.82 Å². The van der Waals surface area contributed by atoms with E-state index in [0.29, 0.717) is 16.9 Å². The van der Waals surface area contributed by atoms with Gasteiger partial charge in [0.05, 0.1) is 4.88 Å². The summed E-state index contributed by atoms with van der Waals surface area (Å²) in [5, 5.41) is 6.29. The summed E-state index contributed by atoms with van der Waals surface area (Å²) in [5.74, 6) is 1.03. The zero-order chi connectivity index (χ0) is 11.7. The van der Waals surface area contributed by atoms with Gasteiger partial charge >= 0.3 is 0 Å². The second kappa shape index (κ2) is 4.27. The molecule has 0 fully saturated rings. The van der Waals surface area contributed by atoms with E-state index in [2.05, 4.69) is 15.1 Å². The molecule has 0 aliphatic rings. The predicted molar refractivity (Wildman–Crippen MR) is 65.9 cm³/mol. The molecule has 0 radical (unpaired) electrons. The summed E-state index contributed by atoms with van der Waals surface area (Å²) in [6.07, 6.45) is 1.60. The molecule has 3 aromatic heterocycles. The maximum absolute atomic E-state index is 5.80. The molecule has 3 aromatic rings. The number of aromatic nitrogens is 3. The lowest BCUT2D eigenvalue weighted by molar-refractivity contribution is 0.432. The Balaban J connectivity index is 2.01. The summed E-state index contributed by atoms with van der Waals surface area (Å²) < 4.78 is 5.19. The molecule has 0 aromatic carbocycles. The van der Waals surface area contributed by atoms with Crippen LogP contribution >= 0.6 is 22.9 Å². The second-order valence-electron chi connectivity index (χ2n) is 3.27. The summed E-state index contributed by atoms with van der Waals surface area (Å²) in [6.45, 7) is 0. The van der Waals surface area contributed by atoms with Crippen molar-refractivity contribution in [3.8, 4) is 22.2 Å². The quantitative estimate of drug-likeness (QED) is 0.664. The average Bonchev–Trinajstić information content (AvgIpc) is 3.00. The zero-order valence-electron chi connectivity index (χ0n) is 8.50. The van der Waals surface area contributed by atoms with E-state index in [4.69, 9.17) is 16.1 Å². The van der Waals surface area contributed by atoms with Gasteiger partial charge in [-0.2, -0.15) is 4.98 Å². The fraction of sp³-hybridized carbons (Fsp3) is 0. The maximum atomic E-state index is 5.80. The summed E-state index contributed by atoms with van der Waals surface area (Å²) in [7, 11) is 0. The first kappa shape index (κ1) is 10.4. The van der Waals surface area contributed by atoms with Gasteiger partial charge in [-0.3, -0.25) is 0 Å². The molecular weight excluding hydrogens is 258 g/mol. The number of thiophene rings is 1. The number of nitrogens with zero attached hydrogens (tertiary/aromatic N) is 3. The van der Waals surface area contributed by atoms with Crippen LogP contribution in [0.15, 0.2) is 40.4 Å². The minimum atomic E-state index is 0.401. The summed E-state index contributed by atoms with van der Waals surface area (Å²) in [4.78, 5) is 9.18. The lowest BCUT2D eigenvalue weighted by atomic mass is 10.3. The van der Waals surface area contributed by atoms with Crippen LogP contribution in [-0.4, -0.2) is 15.1 Å². The van der Waals surface area contributed by atoms with E-state index >= 15 is 0 Å². The maximum Gasteiger partial charge on any atom is 0.258 e. The normalized spacial score (nSPS) is 10.6. The van der Waals surface area contributed by atoms with E-state index in [1.807, 2.05) is 17.5 Å². The van der Waals surface area contributed by atoms with Crippen LogP contribution < -0.4 is 0 Å². The lowest BCUT2D eigenvalue weighted by Crippen LogP contribution is -1.80. The van der Waals surface area contributed by atoms with Crippen LogP contribution in [0.5, 0.6) is 0 Å². The monoisotopic (exact) mass is 263 g/mol. The third-order valence-electron chi connectivity index (χ3n) is 2.14. The Bertz CT molecular complexity index is 636. The van der Waals surface area contributed by atoms with Gasteiger partial charge in [0, 0.05) is 11.8 Å². The van der Waals surface area contributed by atoms with E-state index in [1.54, 1.807) is 29.7 Å². The molecule has 0 unspecified atom stereocenters. The molecule has 6 heteroatoms. The van der Waals surface area contributed by atoms with Crippen molar-refractivity contribution >= 4 is 22.9 Å². The third kappa shape index (κ3) is 2.07. The van der Waals surface area contributed by atoms with Crippen molar-refractivity contribution in [3.05, 3.63) is 41.0 Å². The number of hydrogen-bond donors (Lipinski definition) is 0. The average molecular weight is 264 g/mol. The molecule has 0 aliphatic heterocycles. The molecule has 0 spiro atoms. The Kier molecular flexibility index (Phi) is 2.62. The van der Waals surface area contributed by atoms with Crippen molar-refractivity contribution < 1.29 is 4.52 Å². The molecular formula is C11H6ClN3OS. The van der Waals surface area contributed by atoms with E-state index in [0.717, 1.165) is 10.4 Å². The summed E-state index contributed by atoms with van der Waals surface area (Å²) >= 11 is 7.37. The Hall–Kier alpha value is -1.72. The van der Waals surface area contributed by atoms with Crippen molar-refractivity contribution in [3.63, 3.8) is 0 Å². The Morgan fingerprint density at radius 1 is 1.29 bits per heavy atom. The Morgan fingerprint density at radius 3 is 3.00 bits per heavy atom. The smallest absolute Gasteiger partial charge is 0.258 e. The van der Waals surface area contributed by atoms with E-state index in [-0.39, 0.29) is 0 Å². The highest BCUT2D eigenvalue weighted by molar-refractivity contribution is 7.13. The number of rotatable bonds is 2. The van der Waals surface area contributed by atoms with Crippen molar-refractivity contribution in [2.45, 2.75) is 0 Å². The number of hydrogen-bond acceptors (Lipinski definition) is 5. The highest BCUT2D eigenvalue weighted by Gasteiger charge is 2.11. The van der Waals surface area contributed by atoms with Gasteiger partial charge in [-0.25, -0.2) is 4.98 Å². The van der Waals surface area contributed by atoms with E-state index in [9.17, 15) is 0 Å². The van der Waals surface area contributed by atoms with E-state index < -0.39 is 0 Å². The summed E-state index contributed by atoms with van der Waals surface area (Å²) in [5.41, 5.74) is 0.764. The van der Waals surface area contributed by atoms with Crippen molar-refractivity contribution in [1.82, 2.24) is 15.1 Å². The fourth-order valence-corrected chi connectivity index (χ4v) is 2.21. The molecule has 0 N–H and O–H groups in total. The molecule has 0 saturated heterocycles. The van der Waals surface area contributed by atoms with Gasteiger partial charge in [-0.15, -0.1) is 11.3 Å². The molecule has 0 saturated carbocycles. The topological polar surface area (TPSA) is 51.8 Å². The fourth-order valence-electron chi connectivity index (χ4n) is 1.38. The van der Waals surface area contributed by atoms with Gasteiger partial charge in [0.1, 0.15) is 5.15 Å². The molecule has 0 atom stereocenters. The predicted octanol–water partition coefficient (Wildman–Crippen LogP) is 3.51. The van der Waals surface area contributed by atoms with Gasteiger partial charge < -0.3 is 4.52 Å². The van der Waals surface area contributed by atoms with Crippen LogP contribution in [0.1, 0.15) is 0 Å². The molecule has 0 bridgehead atoms. The SMILES string of the molecule is Clc1cc(-c2nc(-c3cccs3)no2)ccn1. The van der Waals surface area contributed by atoms with Crippen molar-refractivity contribution in [2.75, 3.05) is 0 Å². The van der Waals surface area contributed by atoms with Crippen LogP contribution in [0.3, 0.4) is 0 Å². The lowest BCUT2D eigenvalue weighted by Gasteiger charge is -1.92. The van der Waals surface area contributed by atoms with Crippen LogP contribution in [0, 0.1) is 0 Å². The van der Waals surface area contributed by atoms with Crippen LogP contribution in [0.25, 0.3) is 22.2 Å². The molecule has 3 rings (SSSR count). The molecule has 3 heterocycles. The highest BCUT2D eigenvalue weighted by atomic mass is 35.5. The first-order valence-corrected chi connectivity index (χ1v) is 6.08. The number of pyridine rings is 1. The first-order chi connectivity index (χ1) is 8.33. The minimum Gasteiger partial charge on any atom is -0.334 e. The standard InChI is InChI=1S/C11H6ClN3OS/c12-9-6-7(3-4-13-9)11-14-10(15-16-11)8-2-1-5-17-8/h1-6H. The van der Waals surface area contributed by atoms with Crippen LogP contribution in [0.2, 0.25) is 5.15 Å². The van der Waals surface area contributed by atoms with Crippen molar-refractivity contribution in [2.24, 2.45) is 0 Å². The third-order valence-corrected chi connectivity index (χ3v) is 3.21. The van der Waals surface area contributed by atoms with E-state index in [1.165, 1.54) is 0 Å². The molecule has 0 amide bonds. The molecule has 0 aliphatic carbocycles. The zero-order valence-corrected chi connectivity index (χ0v) is 10.1. The second-order valence-corrected chi connectivity index (χ2v) is 4.60. The molecule has 84 valence electrons. The van der Waals surface area contributed by atoms with Gasteiger partial charge in [0.25, 0.3) is 5.89 Å². The highest BCUT2D eigenvalue weighted by Crippen LogP contribution is 2.25. The molecule has 4 nitrogen and oxygen atoms in total. The number of halogens is 1. The van der Waals surface area contributed by atoms with Crippen molar-refractivity contribution in [1.29, 1.82) is 0 Å². The van der Waals surface area contributed by atoms with Gasteiger partial charge in [-0.05, 0) is 23.6 Å².